The van der Waals surface area contributed by atoms with Crippen LogP contribution in [0.4, 0.5) is 5.69 Å². The fourth-order valence-electron chi connectivity index (χ4n) is 0.653. The minimum Gasteiger partial charge on any atom is -0.258 e. The molecule has 0 bridgehead atoms. The first-order chi connectivity index (χ1) is 5.24. The lowest BCUT2D eigenvalue weighted by molar-refractivity contribution is -0.385. The fourth-order valence-corrected chi connectivity index (χ4v) is 0.653. The second kappa shape index (κ2) is 3.07. The van der Waals surface area contributed by atoms with Crippen molar-refractivity contribution in [2.45, 2.75) is 6.61 Å². The second-order valence-corrected chi connectivity index (χ2v) is 1.95. The molecule has 0 atom stereocenters. The van der Waals surface area contributed by atoms with Crippen LogP contribution in [-0.2, 0) is 11.7 Å². The van der Waals surface area contributed by atoms with E-state index >= 15 is 0 Å². The third kappa shape index (κ3) is 1.71. The summed E-state index contributed by atoms with van der Waals surface area (Å²) >= 11 is 0. The maximum atomic E-state index is 10.2. The summed E-state index contributed by atoms with van der Waals surface area (Å²) < 4.78 is 0. The van der Waals surface area contributed by atoms with Crippen molar-refractivity contribution < 1.29 is 10.0 Å². The number of rotatable bonds is 2. The van der Waals surface area contributed by atoms with E-state index in [9.17, 15) is 15.2 Å². The molecule has 0 saturated carbocycles. The van der Waals surface area contributed by atoms with Crippen LogP contribution < -0.4 is 0 Å². The topological polar surface area (TPSA) is 75.9 Å². The maximum absolute atomic E-state index is 10.2. The average Bonchev–Trinajstić information content (AvgIpc) is 2.05. The largest absolute Gasteiger partial charge is 0.287 e. The summed E-state index contributed by atoms with van der Waals surface area (Å²) in [6.45, 7) is -0.478. The predicted octanol–water partition coefficient (Wildman–Crippen LogP) is 0.920. The molecule has 0 aromatic carbocycles. The highest BCUT2D eigenvalue weighted by atomic mass is 16.6. The molecule has 57 valence electrons. The van der Waals surface area contributed by atoms with Gasteiger partial charge >= 0.3 is 0 Å². The first-order valence-electron chi connectivity index (χ1n) is 2.90. The van der Waals surface area contributed by atoms with Gasteiger partial charge in [0.15, 0.2) is 0 Å². The Balaban J connectivity index is 3.01. The second-order valence-electron chi connectivity index (χ2n) is 1.95. The molecule has 0 N–H and O–H groups in total. The van der Waals surface area contributed by atoms with Gasteiger partial charge in [-0.1, -0.05) is 0 Å². The molecule has 0 saturated heterocycles. The monoisotopic (exact) mass is 153 g/mol. The fraction of sp³-hybridized carbons (Fsp3) is 0.167. The van der Waals surface area contributed by atoms with Crippen molar-refractivity contribution in [2.24, 2.45) is 0 Å². The van der Waals surface area contributed by atoms with Crippen LogP contribution in [-0.4, -0.2) is 9.91 Å². The number of pyridine rings is 1. The summed E-state index contributed by atoms with van der Waals surface area (Å²) in [7, 11) is 0. The Morgan fingerprint density at radius 3 is 2.82 bits per heavy atom. The van der Waals surface area contributed by atoms with Crippen LogP contribution in [0, 0.1) is 10.1 Å². The van der Waals surface area contributed by atoms with E-state index in [-0.39, 0.29) is 5.69 Å². The van der Waals surface area contributed by atoms with Gasteiger partial charge in [-0.15, -0.1) is 0 Å². The molecule has 0 unspecified atom stereocenters. The average molecular weight is 153 g/mol. The molecular formula is C6H5N2O3. The normalized spacial score (nSPS) is 9.55. The SMILES string of the molecule is [O]Cc1cncc([N+](=O)[O-])c1. The van der Waals surface area contributed by atoms with Crippen LogP contribution in [0.1, 0.15) is 5.56 Å². The third-order valence-corrected chi connectivity index (χ3v) is 1.16. The van der Waals surface area contributed by atoms with Crippen molar-refractivity contribution in [3.8, 4) is 0 Å². The molecule has 1 radical (unpaired) electrons. The Morgan fingerprint density at radius 1 is 1.55 bits per heavy atom. The van der Waals surface area contributed by atoms with Crippen molar-refractivity contribution in [3.63, 3.8) is 0 Å². The van der Waals surface area contributed by atoms with Crippen LogP contribution in [0.3, 0.4) is 0 Å². The van der Waals surface area contributed by atoms with Crippen molar-refractivity contribution in [2.75, 3.05) is 0 Å². The van der Waals surface area contributed by atoms with Crippen LogP contribution in [0.5, 0.6) is 0 Å². The van der Waals surface area contributed by atoms with E-state index in [2.05, 4.69) is 4.98 Å². The highest BCUT2D eigenvalue weighted by Gasteiger charge is 2.05. The first-order valence-corrected chi connectivity index (χ1v) is 2.90. The number of hydrogen-bond acceptors (Lipinski definition) is 3. The van der Waals surface area contributed by atoms with Gasteiger partial charge in [-0.05, 0) is 0 Å². The van der Waals surface area contributed by atoms with Gasteiger partial charge in [0.2, 0.25) is 0 Å². The Labute approximate surface area is 62.5 Å². The molecule has 0 fully saturated rings. The van der Waals surface area contributed by atoms with E-state index in [1.165, 1.54) is 12.3 Å². The van der Waals surface area contributed by atoms with Crippen molar-refractivity contribution in [3.05, 3.63) is 34.1 Å². The molecule has 0 spiro atoms. The zero-order chi connectivity index (χ0) is 8.27. The smallest absolute Gasteiger partial charge is 0.258 e. The van der Waals surface area contributed by atoms with Crippen LogP contribution >= 0.6 is 0 Å². The lowest BCUT2D eigenvalue weighted by Crippen LogP contribution is -1.91. The molecule has 0 aliphatic carbocycles. The Bertz CT molecular complexity index is 274. The molecule has 1 rings (SSSR count). The molecule has 0 aliphatic heterocycles. The highest BCUT2D eigenvalue weighted by Crippen LogP contribution is 2.10. The number of nitrogens with zero attached hydrogens (tertiary/aromatic N) is 2. The van der Waals surface area contributed by atoms with Crippen LogP contribution in [0.2, 0.25) is 0 Å². The number of aromatic nitrogens is 1. The van der Waals surface area contributed by atoms with Gasteiger partial charge in [-0.25, -0.2) is 5.11 Å². The third-order valence-electron chi connectivity index (χ3n) is 1.16. The lowest BCUT2D eigenvalue weighted by Gasteiger charge is -1.92. The minimum atomic E-state index is -0.577. The zero-order valence-corrected chi connectivity index (χ0v) is 5.56. The summed E-state index contributed by atoms with van der Waals surface area (Å²) in [6.07, 6.45) is 2.43. The van der Waals surface area contributed by atoms with Gasteiger partial charge in [0.1, 0.15) is 12.8 Å². The molecule has 5 heteroatoms. The molecule has 11 heavy (non-hydrogen) atoms. The standard InChI is InChI=1S/C6H5N2O3/c9-4-5-1-6(8(10)11)3-7-2-5/h1-3H,4H2. The van der Waals surface area contributed by atoms with Crippen molar-refractivity contribution >= 4 is 5.69 Å². The summed E-state index contributed by atoms with van der Waals surface area (Å²) in [5, 5.41) is 20.4. The Morgan fingerprint density at radius 2 is 2.27 bits per heavy atom. The quantitative estimate of drug-likeness (QED) is 0.468. The van der Waals surface area contributed by atoms with Crippen molar-refractivity contribution in [1.82, 2.24) is 4.98 Å². The van der Waals surface area contributed by atoms with E-state index in [4.69, 9.17) is 0 Å². The molecule has 5 nitrogen and oxygen atoms in total. The minimum absolute atomic E-state index is 0.140. The number of hydrogen-bond donors (Lipinski definition) is 0. The van der Waals surface area contributed by atoms with Crippen LogP contribution in [0.25, 0.3) is 0 Å². The Kier molecular flexibility index (Phi) is 2.12. The van der Waals surface area contributed by atoms with Gasteiger partial charge in [0.05, 0.1) is 4.92 Å². The van der Waals surface area contributed by atoms with Crippen molar-refractivity contribution in [1.29, 1.82) is 0 Å². The first kappa shape index (κ1) is 7.62. The van der Waals surface area contributed by atoms with E-state index in [1.54, 1.807) is 0 Å². The number of nitro groups is 1. The van der Waals surface area contributed by atoms with E-state index < -0.39 is 11.5 Å². The maximum Gasteiger partial charge on any atom is 0.287 e. The van der Waals surface area contributed by atoms with Crippen LogP contribution in [0.15, 0.2) is 18.5 Å². The van der Waals surface area contributed by atoms with E-state index in [0.717, 1.165) is 6.20 Å². The highest BCUT2D eigenvalue weighted by molar-refractivity contribution is 5.29. The van der Waals surface area contributed by atoms with E-state index in [1.807, 2.05) is 0 Å². The summed E-state index contributed by atoms with van der Waals surface area (Å²) in [4.78, 5) is 13.1. The summed E-state index contributed by atoms with van der Waals surface area (Å²) in [5.74, 6) is 0. The van der Waals surface area contributed by atoms with Gasteiger partial charge in [0, 0.05) is 17.8 Å². The summed E-state index contributed by atoms with van der Waals surface area (Å²) in [5.41, 5.74) is 0.192. The molecule has 0 amide bonds. The predicted molar refractivity (Wildman–Crippen MR) is 35.3 cm³/mol. The molecule has 1 heterocycles. The molecule has 1 aromatic rings. The van der Waals surface area contributed by atoms with Gasteiger partial charge in [0.25, 0.3) is 5.69 Å². The zero-order valence-electron chi connectivity index (χ0n) is 5.56. The lowest BCUT2D eigenvalue weighted by atomic mass is 10.3. The molecule has 1 aromatic heterocycles. The van der Waals surface area contributed by atoms with Gasteiger partial charge in [-0.3, -0.25) is 15.1 Å². The summed E-state index contributed by atoms with van der Waals surface area (Å²) in [6, 6.07) is 1.22. The van der Waals surface area contributed by atoms with Gasteiger partial charge in [-0.2, -0.15) is 0 Å². The van der Waals surface area contributed by atoms with Gasteiger partial charge < -0.3 is 0 Å². The Hall–Kier alpha value is -1.49. The van der Waals surface area contributed by atoms with E-state index in [0.29, 0.717) is 5.56 Å². The molecule has 0 aliphatic rings. The molecular weight excluding hydrogens is 148 g/mol.